The van der Waals surface area contributed by atoms with Crippen molar-refractivity contribution in [3.63, 3.8) is 0 Å². The van der Waals surface area contributed by atoms with Gasteiger partial charge in [-0.2, -0.15) is 0 Å². The van der Waals surface area contributed by atoms with E-state index in [0.29, 0.717) is 0 Å². The lowest BCUT2D eigenvalue weighted by atomic mass is 10.0. The van der Waals surface area contributed by atoms with Gasteiger partial charge in [-0.15, -0.1) is 0 Å². The summed E-state index contributed by atoms with van der Waals surface area (Å²) in [5.74, 6) is -1.10. The van der Waals surface area contributed by atoms with Gasteiger partial charge in [0.15, 0.2) is 0 Å². The predicted octanol–water partition coefficient (Wildman–Crippen LogP) is 3.12. The van der Waals surface area contributed by atoms with E-state index in [9.17, 15) is 9.59 Å². The van der Waals surface area contributed by atoms with Crippen LogP contribution >= 0.6 is 0 Å². The van der Waals surface area contributed by atoms with E-state index in [2.05, 4.69) is 12.2 Å². The van der Waals surface area contributed by atoms with Crippen molar-refractivity contribution in [3.05, 3.63) is 0 Å². The van der Waals surface area contributed by atoms with Crippen molar-refractivity contribution in [2.24, 2.45) is 0 Å². The molecule has 0 aliphatic carbocycles. The van der Waals surface area contributed by atoms with Crippen LogP contribution in [-0.2, 0) is 9.59 Å². The second-order valence-electron chi connectivity index (χ2n) is 6.61. The van der Waals surface area contributed by atoms with Crippen molar-refractivity contribution in [1.29, 1.82) is 0 Å². The van der Waals surface area contributed by atoms with Crippen LogP contribution in [0.25, 0.3) is 0 Å². The minimum absolute atomic E-state index is 0.0838. The molecular weight excluding hydrogens is 306 g/mol. The molecule has 0 saturated heterocycles. The Labute approximate surface area is 147 Å². The Morgan fingerprint density at radius 2 is 1.29 bits per heavy atom. The first kappa shape index (κ1) is 23.1. The van der Waals surface area contributed by atoms with E-state index < -0.39 is 24.4 Å². The molecule has 24 heavy (non-hydrogen) atoms. The standard InChI is InChI=1S/C19H37NO4/c1-2-3-4-5-6-7-8-9-10-11-12-13-14-18(23)19(24)20-15-17(22)16-21/h17,21-22H,2-16H2,1H3,(H,20,24). The summed E-state index contributed by atoms with van der Waals surface area (Å²) < 4.78 is 0. The highest BCUT2D eigenvalue weighted by Gasteiger charge is 2.13. The molecule has 1 amide bonds. The molecule has 0 aliphatic rings. The number of aliphatic hydroxyl groups excluding tert-OH is 2. The number of amides is 1. The van der Waals surface area contributed by atoms with Gasteiger partial charge in [-0.3, -0.25) is 9.59 Å². The molecule has 0 fully saturated rings. The zero-order valence-corrected chi connectivity index (χ0v) is 15.4. The number of nitrogens with one attached hydrogen (secondary N) is 1. The number of Topliss-reactive ketones (excluding diaryl/α,β-unsaturated/α-hetero) is 1. The molecule has 0 aromatic heterocycles. The van der Waals surface area contributed by atoms with Crippen LogP contribution < -0.4 is 5.32 Å². The normalized spacial score (nSPS) is 12.1. The van der Waals surface area contributed by atoms with Gasteiger partial charge in [0, 0.05) is 13.0 Å². The summed E-state index contributed by atoms with van der Waals surface area (Å²) in [7, 11) is 0. The maximum atomic E-state index is 11.6. The number of aliphatic hydroxyl groups is 2. The van der Waals surface area contributed by atoms with Crippen molar-refractivity contribution in [2.45, 2.75) is 96.5 Å². The molecule has 0 heterocycles. The number of hydrogen-bond acceptors (Lipinski definition) is 4. The van der Waals surface area contributed by atoms with Crippen LogP contribution in [0.5, 0.6) is 0 Å². The van der Waals surface area contributed by atoms with Crippen LogP contribution in [-0.4, -0.2) is 41.2 Å². The fraction of sp³-hybridized carbons (Fsp3) is 0.895. The topological polar surface area (TPSA) is 86.6 Å². The summed E-state index contributed by atoms with van der Waals surface area (Å²) in [5, 5.41) is 20.1. The van der Waals surface area contributed by atoms with Crippen molar-refractivity contribution in [3.8, 4) is 0 Å². The average molecular weight is 344 g/mol. The Balaban J connectivity index is 3.34. The molecule has 0 spiro atoms. The van der Waals surface area contributed by atoms with Gasteiger partial charge in [-0.1, -0.05) is 77.6 Å². The first-order chi connectivity index (χ1) is 11.6. The first-order valence-electron chi connectivity index (χ1n) is 9.71. The van der Waals surface area contributed by atoms with Crippen LogP contribution in [0.2, 0.25) is 0 Å². The summed E-state index contributed by atoms with van der Waals surface area (Å²) in [4.78, 5) is 23.0. The molecule has 0 rings (SSSR count). The molecule has 0 bridgehead atoms. The number of carbonyl (C=O) groups is 2. The van der Waals surface area contributed by atoms with Crippen LogP contribution in [0.15, 0.2) is 0 Å². The van der Waals surface area contributed by atoms with Gasteiger partial charge in [-0.25, -0.2) is 0 Å². The SMILES string of the molecule is CCCCCCCCCCCCCCC(=O)C(=O)NCC(O)CO. The molecule has 142 valence electrons. The maximum absolute atomic E-state index is 11.6. The van der Waals surface area contributed by atoms with E-state index in [1.807, 2.05) is 0 Å². The zero-order valence-electron chi connectivity index (χ0n) is 15.4. The number of unbranched alkanes of at least 4 members (excludes halogenated alkanes) is 11. The third-order valence-electron chi connectivity index (χ3n) is 4.22. The summed E-state index contributed by atoms with van der Waals surface area (Å²) in [6.45, 7) is 1.73. The number of rotatable bonds is 17. The van der Waals surface area contributed by atoms with Gasteiger partial charge in [0.25, 0.3) is 5.91 Å². The second kappa shape index (κ2) is 16.9. The van der Waals surface area contributed by atoms with Gasteiger partial charge >= 0.3 is 0 Å². The molecular formula is C19H37NO4. The van der Waals surface area contributed by atoms with Gasteiger partial charge in [0.2, 0.25) is 5.78 Å². The Morgan fingerprint density at radius 3 is 1.75 bits per heavy atom. The van der Waals surface area contributed by atoms with E-state index in [0.717, 1.165) is 19.3 Å². The van der Waals surface area contributed by atoms with E-state index in [1.165, 1.54) is 57.8 Å². The molecule has 5 heteroatoms. The molecule has 1 unspecified atom stereocenters. The maximum Gasteiger partial charge on any atom is 0.287 e. The Hall–Kier alpha value is -0.940. The minimum Gasteiger partial charge on any atom is -0.394 e. The summed E-state index contributed by atoms with van der Waals surface area (Å²) in [6, 6.07) is 0. The molecule has 0 aromatic rings. The molecule has 0 saturated carbocycles. The van der Waals surface area contributed by atoms with Crippen molar-refractivity contribution < 1.29 is 19.8 Å². The molecule has 0 aliphatic heterocycles. The van der Waals surface area contributed by atoms with Gasteiger partial charge < -0.3 is 15.5 Å². The zero-order chi connectivity index (χ0) is 18.0. The molecule has 3 N–H and O–H groups in total. The lowest BCUT2D eigenvalue weighted by molar-refractivity contribution is -0.138. The lowest BCUT2D eigenvalue weighted by Crippen LogP contribution is -2.37. The quantitative estimate of drug-likeness (QED) is 0.280. The average Bonchev–Trinajstić information content (AvgIpc) is 2.59. The van der Waals surface area contributed by atoms with Crippen LogP contribution in [0.1, 0.15) is 90.4 Å². The Morgan fingerprint density at radius 1 is 0.833 bits per heavy atom. The number of hydrogen-bond donors (Lipinski definition) is 3. The number of carbonyl (C=O) groups excluding carboxylic acids is 2. The van der Waals surface area contributed by atoms with Crippen LogP contribution in [0, 0.1) is 0 Å². The number of ketones is 1. The monoisotopic (exact) mass is 343 g/mol. The Bertz CT molecular complexity index is 320. The molecule has 0 aromatic carbocycles. The third-order valence-corrected chi connectivity index (χ3v) is 4.22. The van der Waals surface area contributed by atoms with E-state index in [1.54, 1.807) is 0 Å². The van der Waals surface area contributed by atoms with Gasteiger partial charge in [0.1, 0.15) is 0 Å². The van der Waals surface area contributed by atoms with Crippen molar-refractivity contribution in [1.82, 2.24) is 5.32 Å². The van der Waals surface area contributed by atoms with Crippen LogP contribution in [0.4, 0.5) is 0 Å². The van der Waals surface area contributed by atoms with Crippen LogP contribution in [0.3, 0.4) is 0 Å². The summed E-state index contributed by atoms with van der Waals surface area (Å²) >= 11 is 0. The van der Waals surface area contributed by atoms with Gasteiger partial charge in [-0.05, 0) is 6.42 Å². The molecule has 1 atom stereocenters. The summed E-state index contributed by atoms with van der Waals surface area (Å²) in [6.07, 6.45) is 14.0. The van der Waals surface area contributed by atoms with E-state index >= 15 is 0 Å². The smallest absolute Gasteiger partial charge is 0.287 e. The van der Waals surface area contributed by atoms with Gasteiger partial charge in [0.05, 0.1) is 12.7 Å². The minimum atomic E-state index is -1.01. The first-order valence-corrected chi connectivity index (χ1v) is 9.71. The molecule has 5 nitrogen and oxygen atoms in total. The second-order valence-corrected chi connectivity index (χ2v) is 6.61. The Kier molecular flexibility index (Phi) is 16.2. The largest absolute Gasteiger partial charge is 0.394 e. The van der Waals surface area contributed by atoms with Crippen molar-refractivity contribution in [2.75, 3.05) is 13.2 Å². The predicted molar refractivity (Wildman–Crippen MR) is 96.8 cm³/mol. The highest BCUT2D eigenvalue weighted by atomic mass is 16.3. The molecule has 0 radical (unpaired) electrons. The summed E-state index contributed by atoms with van der Waals surface area (Å²) in [5.41, 5.74) is 0. The van der Waals surface area contributed by atoms with E-state index in [-0.39, 0.29) is 13.0 Å². The van der Waals surface area contributed by atoms with Crippen molar-refractivity contribution >= 4 is 11.7 Å². The third kappa shape index (κ3) is 14.6. The lowest BCUT2D eigenvalue weighted by Gasteiger charge is -2.08. The van der Waals surface area contributed by atoms with E-state index in [4.69, 9.17) is 10.2 Å². The fourth-order valence-electron chi connectivity index (χ4n) is 2.61. The fourth-order valence-corrected chi connectivity index (χ4v) is 2.61. The highest BCUT2D eigenvalue weighted by Crippen LogP contribution is 2.12. The highest BCUT2D eigenvalue weighted by molar-refractivity contribution is 6.36.